The first kappa shape index (κ1) is 20.7. The molecule has 0 radical (unpaired) electrons. The van der Waals surface area contributed by atoms with Gasteiger partial charge in [-0.2, -0.15) is 5.10 Å². The molecule has 0 saturated carbocycles. The third-order valence-electron chi connectivity index (χ3n) is 4.70. The molecule has 160 valence electrons. The number of anilines is 1. The van der Waals surface area contributed by atoms with E-state index >= 15 is 0 Å². The van der Waals surface area contributed by atoms with Crippen LogP contribution in [0.2, 0.25) is 0 Å². The Morgan fingerprint density at radius 1 is 1.09 bits per heavy atom. The first-order valence-electron chi connectivity index (χ1n) is 9.47. The number of para-hydroxylation sites is 2. The van der Waals surface area contributed by atoms with E-state index in [0.717, 1.165) is 0 Å². The molecule has 1 aromatic heterocycles. The summed E-state index contributed by atoms with van der Waals surface area (Å²) < 4.78 is 0. The molecule has 1 atom stereocenters. The number of hydrogen-bond donors (Lipinski definition) is 4. The van der Waals surface area contributed by atoms with Crippen molar-refractivity contribution in [3.05, 3.63) is 105 Å². The summed E-state index contributed by atoms with van der Waals surface area (Å²) in [5.74, 6) is -0.180. The number of rotatable bonds is 6. The molecule has 0 amide bonds. The van der Waals surface area contributed by atoms with E-state index in [0.29, 0.717) is 5.69 Å². The molecule has 0 spiro atoms. The van der Waals surface area contributed by atoms with E-state index in [1.54, 1.807) is 36.4 Å². The zero-order chi connectivity index (χ0) is 22.7. The van der Waals surface area contributed by atoms with Gasteiger partial charge in [0.25, 0.3) is 11.2 Å². The van der Waals surface area contributed by atoms with Crippen LogP contribution in [0.25, 0.3) is 11.0 Å². The Morgan fingerprint density at radius 2 is 1.81 bits per heavy atom. The molecule has 0 aliphatic rings. The largest absolute Gasteiger partial charge is 0.508 e. The fraction of sp³-hybridized carbons (Fsp3) is 0.0455. The van der Waals surface area contributed by atoms with Crippen molar-refractivity contribution in [3.63, 3.8) is 0 Å². The Balaban J connectivity index is 1.85. The molecule has 4 rings (SSSR count). The molecular weight excluding hydrogens is 414 g/mol. The highest BCUT2D eigenvalue weighted by Crippen LogP contribution is 2.27. The van der Waals surface area contributed by atoms with Gasteiger partial charge in [0.2, 0.25) is 0 Å². The molecule has 0 bridgehead atoms. The predicted octanol–water partition coefficient (Wildman–Crippen LogP) is 3.09. The maximum absolute atomic E-state index is 12.8. The minimum Gasteiger partial charge on any atom is -0.508 e. The van der Waals surface area contributed by atoms with Crippen LogP contribution in [0.1, 0.15) is 17.4 Å². The topological polar surface area (TPSA) is 154 Å². The number of H-pyrrole nitrogens is 1. The third-order valence-corrected chi connectivity index (χ3v) is 4.70. The van der Waals surface area contributed by atoms with Crippen LogP contribution in [-0.2, 0) is 0 Å². The maximum Gasteiger partial charge on any atom is 0.276 e. The van der Waals surface area contributed by atoms with Gasteiger partial charge in [0.15, 0.2) is 5.69 Å². The number of aromatic amines is 1. The zero-order valence-electron chi connectivity index (χ0n) is 16.5. The van der Waals surface area contributed by atoms with E-state index in [1.165, 1.54) is 30.3 Å². The molecule has 32 heavy (non-hydrogen) atoms. The van der Waals surface area contributed by atoms with Gasteiger partial charge in [0, 0.05) is 17.7 Å². The molecule has 0 aliphatic carbocycles. The number of aromatic hydroxyl groups is 1. The molecule has 4 aromatic rings. The number of benzene rings is 3. The second-order valence-corrected chi connectivity index (χ2v) is 6.81. The number of aliphatic hydroxyl groups excluding tert-OH is 1. The van der Waals surface area contributed by atoms with Crippen LogP contribution in [-0.4, -0.2) is 30.8 Å². The van der Waals surface area contributed by atoms with Crippen LogP contribution in [0.3, 0.4) is 0 Å². The summed E-state index contributed by atoms with van der Waals surface area (Å²) in [6.07, 6.45) is -1.49. The van der Waals surface area contributed by atoms with Crippen molar-refractivity contribution in [1.82, 2.24) is 9.97 Å². The van der Waals surface area contributed by atoms with E-state index in [-0.39, 0.29) is 39.4 Å². The van der Waals surface area contributed by atoms with Crippen LogP contribution >= 0.6 is 0 Å². The number of nitrogens with one attached hydrogen (secondary N) is 2. The molecule has 10 nitrogen and oxygen atoms in total. The number of fused-ring (bicyclic) bond motifs is 1. The standard InChI is InChI=1S/C22H17N5O5/c28-18-9-5-4-8-15(18)21(29)19(26-25-13-6-2-1-3-7-13)20-22(30)24-17-12-14(27(31)32)10-11-16(17)23-20/h1-12,21,25,28-29H,(H,24,30)/b26-19-. The van der Waals surface area contributed by atoms with Gasteiger partial charge in [0.1, 0.15) is 17.6 Å². The van der Waals surface area contributed by atoms with Gasteiger partial charge in [-0.15, -0.1) is 0 Å². The predicted molar refractivity (Wildman–Crippen MR) is 119 cm³/mol. The molecule has 1 unspecified atom stereocenters. The monoisotopic (exact) mass is 431 g/mol. The average molecular weight is 431 g/mol. The number of nitrogens with zero attached hydrogens (tertiary/aromatic N) is 3. The quantitative estimate of drug-likeness (QED) is 0.208. The minimum absolute atomic E-state index is 0.131. The molecule has 0 saturated heterocycles. The number of hydrogen-bond acceptors (Lipinski definition) is 8. The van der Waals surface area contributed by atoms with Gasteiger partial charge >= 0.3 is 0 Å². The second kappa shape index (κ2) is 8.66. The van der Waals surface area contributed by atoms with Crippen molar-refractivity contribution in [2.45, 2.75) is 6.10 Å². The Kier molecular flexibility index (Phi) is 5.60. The van der Waals surface area contributed by atoms with Crippen LogP contribution in [0.15, 0.2) is 82.7 Å². The summed E-state index contributed by atoms with van der Waals surface area (Å²) in [6.45, 7) is 0. The third kappa shape index (κ3) is 4.16. The highest BCUT2D eigenvalue weighted by molar-refractivity contribution is 6.04. The van der Waals surface area contributed by atoms with E-state index < -0.39 is 16.6 Å². The molecule has 0 aliphatic heterocycles. The molecule has 3 aromatic carbocycles. The Bertz CT molecular complexity index is 1380. The van der Waals surface area contributed by atoms with Crippen LogP contribution < -0.4 is 11.0 Å². The highest BCUT2D eigenvalue weighted by Gasteiger charge is 2.25. The van der Waals surface area contributed by atoms with E-state index in [9.17, 15) is 25.1 Å². The average Bonchev–Trinajstić information content (AvgIpc) is 2.79. The number of phenolic OH excluding ortho intramolecular Hbond substituents is 1. The fourth-order valence-electron chi connectivity index (χ4n) is 3.11. The Labute approximate surface area is 180 Å². The van der Waals surface area contributed by atoms with Crippen molar-refractivity contribution in [2.75, 3.05) is 5.43 Å². The molecule has 1 heterocycles. The maximum atomic E-state index is 12.8. The molecular formula is C22H17N5O5. The number of hydrazone groups is 1. The van der Waals surface area contributed by atoms with Gasteiger partial charge < -0.3 is 15.2 Å². The van der Waals surface area contributed by atoms with E-state index in [1.807, 2.05) is 6.07 Å². The van der Waals surface area contributed by atoms with Crippen molar-refractivity contribution in [1.29, 1.82) is 0 Å². The number of nitro benzene ring substituents is 1. The highest BCUT2D eigenvalue weighted by atomic mass is 16.6. The van der Waals surface area contributed by atoms with Crippen molar-refractivity contribution < 1.29 is 15.1 Å². The normalized spacial score (nSPS) is 12.5. The van der Waals surface area contributed by atoms with Crippen LogP contribution in [0, 0.1) is 10.1 Å². The fourth-order valence-corrected chi connectivity index (χ4v) is 3.11. The number of phenols is 1. The van der Waals surface area contributed by atoms with Gasteiger partial charge in [-0.05, 0) is 24.3 Å². The molecule has 10 heteroatoms. The minimum atomic E-state index is -1.49. The summed E-state index contributed by atoms with van der Waals surface area (Å²) in [6, 6.07) is 18.8. The lowest BCUT2D eigenvalue weighted by molar-refractivity contribution is -0.384. The summed E-state index contributed by atoms with van der Waals surface area (Å²) in [7, 11) is 0. The van der Waals surface area contributed by atoms with Gasteiger partial charge in [-0.1, -0.05) is 36.4 Å². The Hall–Kier alpha value is -4.57. The summed E-state index contributed by atoms with van der Waals surface area (Å²) in [4.78, 5) is 30.1. The number of non-ortho nitro benzene ring substituents is 1. The van der Waals surface area contributed by atoms with Crippen molar-refractivity contribution in [3.8, 4) is 5.75 Å². The van der Waals surface area contributed by atoms with Gasteiger partial charge in [0.05, 0.1) is 21.6 Å². The Morgan fingerprint density at radius 3 is 2.53 bits per heavy atom. The first-order valence-corrected chi connectivity index (χ1v) is 9.47. The lowest BCUT2D eigenvalue weighted by Crippen LogP contribution is -2.26. The van der Waals surface area contributed by atoms with Crippen molar-refractivity contribution in [2.24, 2.45) is 5.10 Å². The number of aromatic nitrogens is 2. The SMILES string of the molecule is O=c1[nH]c2cc([N+](=O)[O-])ccc2nc1/C(=N/Nc1ccccc1)C(O)c1ccccc1O. The van der Waals surface area contributed by atoms with Gasteiger partial charge in [-0.25, -0.2) is 4.98 Å². The number of aliphatic hydroxyl groups is 1. The summed E-state index contributed by atoms with van der Waals surface area (Å²) in [5, 5.41) is 36.4. The summed E-state index contributed by atoms with van der Waals surface area (Å²) >= 11 is 0. The first-order chi connectivity index (χ1) is 15.4. The second-order valence-electron chi connectivity index (χ2n) is 6.81. The zero-order valence-corrected chi connectivity index (χ0v) is 16.5. The van der Waals surface area contributed by atoms with Crippen molar-refractivity contribution >= 4 is 28.1 Å². The van der Waals surface area contributed by atoms with Crippen LogP contribution in [0.4, 0.5) is 11.4 Å². The van der Waals surface area contributed by atoms with Gasteiger partial charge in [-0.3, -0.25) is 20.3 Å². The summed E-state index contributed by atoms with van der Waals surface area (Å²) in [5.41, 5.74) is 2.69. The van der Waals surface area contributed by atoms with E-state index in [4.69, 9.17) is 0 Å². The lowest BCUT2D eigenvalue weighted by atomic mass is 10.0. The molecule has 4 N–H and O–H groups in total. The lowest BCUT2D eigenvalue weighted by Gasteiger charge is -2.15. The smallest absolute Gasteiger partial charge is 0.276 e. The van der Waals surface area contributed by atoms with E-state index in [2.05, 4.69) is 20.5 Å². The van der Waals surface area contributed by atoms with Crippen LogP contribution in [0.5, 0.6) is 5.75 Å². The molecule has 0 fully saturated rings. The number of nitro groups is 1.